The minimum absolute atomic E-state index is 0.00900. The predicted molar refractivity (Wildman–Crippen MR) is 179 cm³/mol. The highest BCUT2D eigenvalue weighted by atomic mass is 19.1. The van der Waals surface area contributed by atoms with Gasteiger partial charge < -0.3 is 15.1 Å². The number of carbonyl (C=O) groups is 1. The Morgan fingerprint density at radius 3 is 2.74 bits per heavy atom. The van der Waals surface area contributed by atoms with E-state index in [1.807, 2.05) is 52.8 Å². The van der Waals surface area contributed by atoms with Gasteiger partial charge in [-0.2, -0.15) is 10.1 Å². The molecule has 0 saturated carbocycles. The first-order valence-electron chi connectivity index (χ1n) is 15.7. The van der Waals surface area contributed by atoms with Gasteiger partial charge in [0, 0.05) is 42.8 Å². The Kier molecular flexibility index (Phi) is 7.14. The van der Waals surface area contributed by atoms with E-state index in [9.17, 15) is 9.59 Å². The van der Waals surface area contributed by atoms with Crippen LogP contribution >= 0.6 is 0 Å². The van der Waals surface area contributed by atoms with E-state index in [1.54, 1.807) is 27.9 Å². The van der Waals surface area contributed by atoms with Crippen LogP contribution < -0.4 is 15.9 Å². The van der Waals surface area contributed by atoms with E-state index in [0.717, 1.165) is 27.7 Å². The van der Waals surface area contributed by atoms with Gasteiger partial charge in [0.2, 0.25) is 5.91 Å². The number of piperazine rings is 1. The molecule has 0 bridgehead atoms. The summed E-state index contributed by atoms with van der Waals surface area (Å²) < 4.78 is 18.8. The lowest BCUT2D eigenvalue weighted by Gasteiger charge is -2.47. The van der Waals surface area contributed by atoms with Crippen LogP contribution in [0, 0.1) is 19.7 Å². The Labute approximate surface area is 266 Å². The number of benzene rings is 2. The van der Waals surface area contributed by atoms with Gasteiger partial charge in [0.1, 0.15) is 5.82 Å². The maximum absolute atomic E-state index is 17.2. The zero-order chi connectivity index (χ0) is 32.4. The number of amides is 1. The third kappa shape index (κ3) is 4.47. The minimum Gasteiger partial charge on any atom is -0.382 e. The number of aromatic nitrogens is 5. The second-order valence-corrected chi connectivity index (χ2v) is 12.7. The van der Waals surface area contributed by atoms with Gasteiger partial charge in [-0.05, 0) is 74.1 Å². The number of fused-ring (bicyclic) bond motifs is 3. The highest BCUT2D eigenvalue weighted by molar-refractivity contribution is 6.07. The molecule has 236 valence electrons. The van der Waals surface area contributed by atoms with E-state index in [2.05, 4.69) is 32.0 Å². The third-order valence-corrected chi connectivity index (χ3v) is 9.42. The standard InChI is InChI=1S/C35H37FN8O2/c1-7-27(45)42-16-21(6)43-22(17-42)11-13-38-32-29-26(14-23(30(32)36)28-19(4)8-9-25-24(28)15-39-41-25)44(35(46)40-34(29)43)33-20(5)10-12-37-31(33)18(2)3/h7-10,12,14-15,18,21-22,38H,1,11,13,16-17H2,2-6H3,(H,39,41). The zero-order valence-corrected chi connectivity index (χ0v) is 26.7. The number of H-pyrrole nitrogens is 1. The van der Waals surface area contributed by atoms with Crippen LogP contribution in [0.5, 0.6) is 0 Å². The Hall–Kier alpha value is -5.06. The Balaban J connectivity index is 1.61. The van der Waals surface area contributed by atoms with Gasteiger partial charge in [0.05, 0.1) is 45.7 Å². The molecule has 5 heterocycles. The first-order chi connectivity index (χ1) is 22.1. The van der Waals surface area contributed by atoms with E-state index in [0.29, 0.717) is 65.3 Å². The van der Waals surface area contributed by atoms with Gasteiger partial charge in [-0.15, -0.1) is 0 Å². The number of nitrogens with one attached hydrogen (secondary N) is 2. The number of aromatic amines is 1. The van der Waals surface area contributed by atoms with Gasteiger partial charge >= 0.3 is 5.69 Å². The maximum Gasteiger partial charge on any atom is 0.354 e. The van der Waals surface area contributed by atoms with Crippen LogP contribution in [0.4, 0.5) is 15.9 Å². The fourth-order valence-electron chi connectivity index (χ4n) is 7.34. The molecule has 10 nitrogen and oxygen atoms in total. The Morgan fingerprint density at radius 1 is 1.17 bits per heavy atom. The number of hydrogen-bond donors (Lipinski definition) is 2. The van der Waals surface area contributed by atoms with Crippen molar-refractivity contribution >= 4 is 39.2 Å². The number of pyridine rings is 1. The molecule has 2 aliphatic rings. The van der Waals surface area contributed by atoms with E-state index < -0.39 is 11.5 Å². The summed E-state index contributed by atoms with van der Waals surface area (Å²) in [6, 6.07) is 7.21. The lowest BCUT2D eigenvalue weighted by Crippen LogP contribution is -2.60. The van der Waals surface area contributed by atoms with Crippen LogP contribution in [0.25, 0.3) is 38.6 Å². The summed E-state index contributed by atoms with van der Waals surface area (Å²) in [5.74, 6) is -0.132. The van der Waals surface area contributed by atoms with Crippen molar-refractivity contribution in [1.82, 2.24) is 29.6 Å². The molecule has 2 unspecified atom stereocenters. The number of nitrogens with zero attached hydrogens (tertiary/aromatic N) is 6. The second-order valence-electron chi connectivity index (χ2n) is 12.7. The molecule has 2 N–H and O–H groups in total. The molecule has 3 aromatic heterocycles. The molecule has 0 spiro atoms. The molecule has 2 aliphatic heterocycles. The zero-order valence-electron chi connectivity index (χ0n) is 26.7. The average Bonchev–Trinajstić information content (AvgIpc) is 3.49. The highest BCUT2D eigenvalue weighted by Gasteiger charge is 2.38. The van der Waals surface area contributed by atoms with Crippen molar-refractivity contribution < 1.29 is 9.18 Å². The van der Waals surface area contributed by atoms with E-state index >= 15 is 4.39 Å². The fraction of sp³-hybridized carbons (Fsp3) is 0.343. The number of hydrogen-bond acceptors (Lipinski definition) is 7. The smallest absolute Gasteiger partial charge is 0.354 e. The summed E-state index contributed by atoms with van der Waals surface area (Å²) in [5.41, 5.74) is 5.36. The van der Waals surface area contributed by atoms with E-state index in [-0.39, 0.29) is 23.9 Å². The van der Waals surface area contributed by atoms with Crippen LogP contribution in [0.1, 0.15) is 49.9 Å². The number of halogens is 1. The van der Waals surface area contributed by atoms with Gasteiger partial charge in [-0.1, -0.05) is 26.5 Å². The van der Waals surface area contributed by atoms with E-state index in [1.165, 1.54) is 6.08 Å². The lowest BCUT2D eigenvalue weighted by atomic mass is 9.93. The molecule has 1 fully saturated rings. The number of anilines is 2. The number of aryl methyl sites for hydroxylation is 2. The first-order valence-corrected chi connectivity index (χ1v) is 15.7. The molecule has 46 heavy (non-hydrogen) atoms. The molecule has 5 aromatic rings. The Morgan fingerprint density at radius 2 is 1.98 bits per heavy atom. The average molecular weight is 621 g/mol. The molecule has 11 heteroatoms. The minimum atomic E-state index is -0.474. The topological polar surface area (TPSA) is 112 Å². The summed E-state index contributed by atoms with van der Waals surface area (Å²) in [5, 5.41) is 12.0. The van der Waals surface area contributed by atoms with Crippen LogP contribution in [0.3, 0.4) is 0 Å². The maximum atomic E-state index is 17.2. The van der Waals surface area contributed by atoms with Gasteiger partial charge in [-0.3, -0.25) is 19.4 Å². The van der Waals surface area contributed by atoms with Crippen molar-refractivity contribution in [2.75, 3.05) is 29.9 Å². The summed E-state index contributed by atoms with van der Waals surface area (Å²) >= 11 is 0. The number of carbonyl (C=O) groups excluding carboxylic acids is 1. The number of rotatable bonds is 4. The molecule has 0 radical (unpaired) electrons. The molecule has 1 saturated heterocycles. The Bertz CT molecular complexity index is 2120. The monoisotopic (exact) mass is 620 g/mol. The highest BCUT2D eigenvalue weighted by Crippen LogP contribution is 2.44. The van der Waals surface area contributed by atoms with Gasteiger partial charge in [-0.25, -0.2) is 9.18 Å². The normalized spacial score (nSPS) is 18.0. The predicted octanol–water partition coefficient (Wildman–Crippen LogP) is 5.61. The molecular formula is C35H37FN8O2. The molecule has 7 rings (SSSR count). The molecule has 0 aliphatic carbocycles. The molecule has 2 aromatic carbocycles. The lowest BCUT2D eigenvalue weighted by molar-refractivity contribution is -0.127. The quantitative estimate of drug-likeness (QED) is 0.251. The van der Waals surface area contributed by atoms with Crippen molar-refractivity contribution in [2.24, 2.45) is 0 Å². The van der Waals surface area contributed by atoms with Crippen LogP contribution in [-0.4, -0.2) is 67.3 Å². The van der Waals surface area contributed by atoms with Crippen molar-refractivity contribution in [3.05, 3.63) is 82.4 Å². The van der Waals surface area contributed by atoms with Crippen molar-refractivity contribution in [3.8, 4) is 16.8 Å². The van der Waals surface area contributed by atoms with Crippen molar-refractivity contribution in [1.29, 1.82) is 0 Å². The molecule has 1 amide bonds. The largest absolute Gasteiger partial charge is 0.382 e. The molecular weight excluding hydrogens is 583 g/mol. The third-order valence-electron chi connectivity index (χ3n) is 9.42. The SMILES string of the molecule is C=CC(=O)N1CC(C)N2c3nc(=O)n(-c4c(C)ccnc4C(C)C)c4cc(-c5c(C)ccc6[nH]ncc56)c(F)c(c34)NCCC2C1. The van der Waals surface area contributed by atoms with Crippen molar-refractivity contribution in [2.45, 2.75) is 59.0 Å². The van der Waals surface area contributed by atoms with Crippen LogP contribution in [0.15, 0.2) is 54.1 Å². The first kappa shape index (κ1) is 29.6. The fourth-order valence-corrected chi connectivity index (χ4v) is 7.34. The summed E-state index contributed by atoms with van der Waals surface area (Å²) in [6.07, 6.45) is 5.40. The molecule has 2 atom stereocenters. The second kappa shape index (κ2) is 11.1. The van der Waals surface area contributed by atoms with Gasteiger partial charge in [0.25, 0.3) is 0 Å². The summed E-state index contributed by atoms with van der Waals surface area (Å²) in [4.78, 5) is 40.4. The van der Waals surface area contributed by atoms with Crippen LogP contribution in [0.2, 0.25) is 0 Å². The van der Waals surface area contributed by atoms with Crippen LogP contribution in [-0.2, 0) is 4.79 Å². The summed E-state index contributed by atoms with van der Waals surface area (Å²) in [6.45, 7) is 15.0. The summed E-state index contributed by atoms with van der Waals surface area (Å²) in [7, 11) is 0. The van der Waals surface area contributed by atoms with Gasteiger partial charge in [0.15, 0.2) is 5.82 Å². The van der Waals surface area contributed by atoms with Crippen molar-refractivity contribution in [3.63, 3.8) is 0 Å². The van der Waals surface area contributed by atoms with E-state index in [4.69, 9.17) is 4.98 Å².